The standard InChI is InChI=1S/C31H26ClFN4O3S/c1-2-28(31(40)36-23-13-14-26(33)25(32)18-23)41-24-12-6-11-22(17-24)35-30(39)27(16-20-8-7-15-34-19-20)37-29(38)21-9-4-3-5-10-21/h3-19,28H,2H2,1H3,(H,35,39)(H,36,40)(H,37,38)/b27-16-. The second-order valence-corrected chi connectivity index (χ2v) is 10.5. The summed E-state index contributed by atoms with van der Waals surface area (Å²) >= 11 is 7.15. The maximum atomic E-state index is 13.5. The van der Waals surface area contributed by atoms with Gasteiger partial charge in [0, 0.05) is 34.2 Å². The first-order valence-corrected chi connectivity index (χ1v) is 13.9. The van der Waals surface area contributed by atoms with Gasteiger partial charge in [-0.25, -0.2) is 4.39 Å². The lowest BCUT2D eigenvalue weighted by atomic mass is 10.2. The van der Waals surface area contributed by atoms with Crippen LogP contribution in [0.15, 0.2) is 108 Å². The molecule has 0 saturated heterocycles. The third-order valence-corrected chi connectivity index (χ3v) is 7.39. The first-order chi connectivity index (χ1) is 19.8. The van der Waals surface area contributed by atoms with E-state index in [0.29, 0.717) is 28.9 Å². The molecule has 208 valence electrons. The smallest absolute Gasteiger partial charge is 0.272 e. The average Bonchev–Trinajstić information content (AvgIpc) is 2.98. The molecule has 0 bridgehead atoms. The quantitative estimate of drug-likeness (QED) is 0.140. The van der Waals surface area contributed by atoms with Crippen molar-refractivity contribution in [2.75, 3.05) is 10.6 Å². The van der Waals surface area contributed by atoms with E-state index < -0.39 is 22.9 Å². The van der Waals surface area contributed by atoms with Gasteiger partial charge in [-0.2, -0.15) is 0 Å². The first-order valence-electron chi connectivity index (χ1n) is 12.6. The predicted octanol–water partition coefficient (Wildman–Crippen LogP) is 6.79. The summed E-state index contributed by atoms with van der Waals surface area (Å²) in [6.45, 7) is 1.88. The van der Waals surface area contributed by atoms with Crippen molar-refractivity contribution in [1.29, 1.82) is 0 Å². The number of aromatic nitrogens is 1. The fourth-order valence-corrected chi connectivity index (χ4v) is 4.89. The Kier molecular flexibility index (Phi) is 10.3. The molecule has 0 radical (unpaired) electrons. The summed E-state index contributed by atoms with van der Waals surface area (Å²) in [5.41, 5.74) is 1.95. The zero-order chi connectivity index (χ0) is 29.2. The number of anilines is 2. The van der Waals surface area contributed by atoms with E-state index in [-0.39, 0.29) is 16.6 Å². The number of halogens is 2. The highest BCUT2D eigenvalue weighted by molar-refractivity contribution is 8.00. The molecule has 1 atom stereocenters. The molecule has 1 unspecified atom stereocenters. The normalized spacial score (nSPS) is 11.8. The Morgan fingerprint density at radius 2 is 1.73 bits per heavy atom. The SMILES string of the molecule is CCC(Sc1cccc(NC(=O)/C(=C/c2cccnc2)NC(=O)c2ccccc2)c1)C(=O)Nc1ccc(F)c(Cl)c1. The van der Waals surface area contributed by atoms with Gasteiger partial charge in [0.2, 0.25) is 5.91 Å². The molecule has 41 heavy (non-hydrogen) atoms. The van der Waals surface area contributed by atoms with Gasteiger partial charge in [-0.05, 0) is 72.7 Å². The highest BCUT2D eigenvalue weighted by Gasteiger charge is 2.20. The van der Waals surface area contributed by atoms with Crippen molar-refractivity contribution in [3.8, 4) is 0 Å². The molecule has 0 saturated carbocycles. The lowest BCUT2D eigenvalue weighted by Crippen LogP contribution is -2.30. The van der Waals surface area contributed by atoms with Crippen molar-refractivity contribution in [2.45, 2.75) is 23.5 Å². The number of benzene rings is 3. The summed E-state index contributed by atoms with van der Waals surface area (Å²) < 4.78 is 13.5. The highest BCUT2D eigenvalue weighted by Crippen LogP contribution is 2.29. The molecule has 10 heteroatoms. The number of nitrogens with zero attached hydrogens (tertiary/aromatic N) is 1. The summed E-state index contributed by atoms with van der Waals surface area (Å²) in [7, 11) is 0. The van der Waals surface area contributed by atoms with Gasteiger partial charge in [0.15, 0.2) is 0 Å². The van der Waals surface area contributed by atoms with E-state index in [4.69, 9.17) is 11.6 Å². The molecule has 3 amide bonds. The number of hydrogen-bond acceptors (Lipinski definition) is 5. The molecule has 0 aliphatic carbocycles. The van der Waals surface area contributed by atoms with Crippen molar-refractivity contribution in [3.05, 3.63) is 125 Å². The van der Waals surface area contributed by atoms with Crippen LogP contribution in [-0.2, 0) is 9.59 Å². The minimum absolute atomic E-state index is 0.0358. The predicted molar refractivity (Wildman–Crippen MR) is 161 cm³/mol. The van der Waals surface area contributed by atoms with Crippen molar-refractivity contribution >= 4 is 58.5 Å². The van der Waals surface area contributed by atoms with Gasteiger partial charge in [0.25, 0.3) is 11.8 Å². The van der Waals surface area contributed by atoms with Crippen LogP contribution < -0.4 is 16.0 Å². The fourth-order valence-electron chi connectivity index (χ4n) is 3.70. The summed E-state index contributed by atoms with van der Waals surface area (Å²) in [5.74, 6) is -1.79. The van der Waals surface area contributed by atoms with Gasteiger partial charge in [-0.15, -0.1) is 11.8 Å². The van der Waals surface area contributed by atoms with E-state index in [1.807, 2.05) is 13.0 Å². The Balaban J connectivity index is 1.48. The van der Waals surface area contributed by atoms with Crippen LogP contribution in [0.25, 0.3) is 6.08 Å². The molecule has 1 aromatic heterocycles. The second-order valence-electron chi connectivity index (χ2n) is 8.78. The zero-order valence-corrected chi connectivity index (χ0v) is 23.5. The van der Waals surface area contributed by atoms with Gasteiger partial charge < -0.3 is 16.0 Å². The van der Waals surface area contributed by atoms with Crippen LogP contribution in [0, 0.1) is 5.82 Å². The Labute approximate surface area is 246 Å². The van der Waals surface area contributed by atoms with Crippen LogP contribution in [-0.4, -0.2) is 28.0 Å². The van der Waals surface area contributed by atoms with Crippen molar-refractivity contribution < 1.29 is 18.8 Å². The first kappa shape index (κ1) is 29.5. The summed E-state index contributed by atoms with van der Waals surface area (Å²) in [6.07, 6.45) is 5.25. The molecule has 4 aromatic rings. The second kappa shape index (κ2) is 14.2. The minimum atomic E-state index is -0.567. The molecular weight excluding hydrogens is 563 g/mol. The Morgan fingerprint density at radius 3 is 2.44 bits per heavy atom. The molecule has 3 aromatic carbocycles. The Hall–Kier alpha value is -4.47. The third kappa shape index (κ3) is 8.51. The molecule has 7 nitrogen and oxygen atoms in total. The average molecular weight is 589 g/mol. The molecule has 0 spiro atoms. The van der Waals surface area contributed by atoms with E-state index >= 15 is 0 Å². The van der Waals surface area contributed by atoms with Gasteiger partial charge in [-0.1, -0.05) is 48.9 Å². The number of rotatable bonds is 10. The monoisotopic (exact) mass is 588 g/mol. The fraction of sp³-hybridized carbons (Fsp3) is 0.0968. The van der Waals surface area contributed by atoms with Crippen LogP contribution in [0.5, 0.6) is 0 Å². The molecule has 0 aliphatic rings. The lowest BCUT2D eigenvalue weighted by molar-refractivity contribution is -0.116. The number of hydrogen-bond donors (Lipinski definition) is 3. The number of pyridine rings is 1. The topological polar surface area (TPSA) is 100 Å². The van der Waals surface area contributed by atoms with Gasteiger partial charge in [-0.3, -0.25) is 19.4 Å². The third-order valence-electron chi connectivity index (χ3n) is 5.74. The van der Waals surface area contributed by atoms with E-state index in [2.05, 4.69) is 20.9 Å². The van der Waals surface area contributed by atoms with Crippen LogP contribution in [0.2, 0.25) is 5.02 Å². The van der Waals surface area contributed by atoms with Crippen molar-refractivity contribution in [2.24, 2.45) is 0 Å². The van der Waals surface area contributed by atoms with E-state index in [9.17, 15) is 18.8 Å². The molecular formula is C31H26ClFN4O3S. The summed E-state index contributed by atoms with van der Waals surface area (Å²) in [5, 5.41) is 7.74. The lowest BCUT2D eigenvalue weighted by Gasteiger charge is -2.16. The number of nitrogens with one attached hydrogen (secondary N) is 3. The van der Waals surface area contributed by atoms with Gasteiger partial charge >= 0.3 is 0 Å². The largest absolute Gasteiger partial charge is 0.325 e. The molecule has 0 aliphatic heterocycles. The van der Waals surface area contributed by atoms with E-state index in [0.717, 1.165) is 4.90 Å². The van der Waals surface area contributed by atoms with E-state index in [1.54, 1.807) is 79.1 Å². The minimum Gasteiger partial charge on any atom is -0.325 e. The van der Waals surface area contributed by atoms with Crippen molar-refractivity contribution in [3.63, 3.8) is 0 Å². The Bertz CT molecular complexity index is 1570. The number of amides is 3. The zero-order valence-electron chi connectivity index (χ0n) is 21.9. The summed E-state index contributed by atoms with van der Waals surface area (Å²) in [4.78, 5) is 43.8. The number of thioether (sulfide) groups is 1. The van der Waals surface area contributed by atoms with Crippen LogP contribution in [0.3, 0.4) is 0 Å². The number of carbonyl (C=O) groups is 3. The molecule has 1 heterocycles. The molecule has 3 N–H and O–H groups in total. The number of carbonyl (C=O) groups excluding carboxylic acids is 3. The maximum absolute atomic E-state index is 13.5. The molecule has 4 rings (SSSR count). The molecule has 0 fully saturated rings. The van der Waals surface area contributed by atoms with Crippen LogP contribution in [0.4, 0.5) is 15.8 Å². The maximum Gasteiger partial charge on any atom is 0.272 e. The van der Waals surface area contributed by atoms with Crippen molar-refractivity contribution in [1.82, 2.24) is 10.3 Å². The summed E-state index contributed by atoms with van der Waals surface area (Å²) in [6, 6.07) is 23.1. The van der Waals surface area contributed by atoms with Crippen LogP contribution in [0.1, 0.15) is 29.3 Å². The van der Waals surface area contributed by atoms with Gasteiger partial charge in [0.05, 0.1) is 10.3 Å². The Morgan fingerprint density at radius 1 is 0.951 bits per heavy atom. The van der Waals surface area contributed by atoms with Gasteiger partial charge in [0.1, 0.15) is 11.5 Å². The highest BCUT2D eigenvalue weighted by atomic mass is 35.5. The van der Waals surface area contributed by atoms with Crippen LogP contribution >= 0.6 is 23.4 Å². The van der Waals surface area contributed by atoms with E-state index in [1.165, 1.54) is 30.0 Å².